The molecule has 1 aromatic rings. The molecular formula is C15H21N5O3. The van der Waals surface area contributed by atoms with Crippen LogP contribution in [0.4, 0.5) is 10.5 Å². The minimum Gasteiger partial charge on any atom is -0.460 e. The molecule has 2 amide bonds. The number of hydrogen-bond donors (Lipinski definition) is 4. The molecule has 0 aliphatic rings. The van der Waals surface area contributed by atoms with E-state index in [1.54, 1.807) is 31.2 Å². The zero-order valence-electron chi connectivity index (χ0n) is 13.0. The Morgan fingerprint density at radius 2 is 1.91 bits per heavy atom. The number of amides is 2. The number of hydrogen-bond acceptors (Lipinski definition) is 4. The average molecular weight is 319 g/mol. The summed E-state index contributed by atoms with van der Waals surface area (Å²) in [6, 6.07) is 6.68. The van der Waals surface area contributed by atoms with Crippen LogP contribution in [0.25, 0.3) is 0 Å². The Morgan fingerprint density at radius 1 is 1.26 bits per heavy atom. The second-order valence-corrected chi connectivity index (χ2v) is 4.74. The third-order valence-electron chi connectivity index (χ3n) is 2.63. The summed E-state index contributed by atoms with van der Waals surface area (Å²) in [7, 11) is 0. The number of carbonyl (C=O) groups is 2. The smallest absolute Gasteiger partial charge is 0.333 e. The van der Waals surface area contributed by atoms with Gasteiger partial charge in [0.1, 0.15) is 6.61 Å². The molecule has 1 aromatic carbocycles. The van der Waals surface area contributed by atoms with Crippen LogP contribution < -0.4 is 22.1 Å². The predicted octanol–water partition coefficient (Wildman–Crippen LogP) is 0.701. The number of nitrogens with one attached hydrogen (secondary N) is 2. The van der Waals surface area contributed by atoms with Crippen molar-refractivity contribution in [2.24, 2.45) is 16.5 Å². The van der Waals surface area contributed by atoms with Gasteiger partial charge in [-0.15, -0.1) is 0 Å². The van der Waals surface area contributed by atoms with Crippen LogP contribution in [0.5, 0.6) is 0 Å². The fourth-order valence-corrected chi connectivity index (χ4v) is 1.48. The highest BCUT2D eigenvalue weighted by Crippen LogP contribution is 2.10. The fourth-order valence-electron chi connectivity index (χ4n) is 1.48. The van der Waals surface area contributed by atoms with E-state index in [0.717, 1.165) is 5.56 Å². The van der Waals surface area contributed by atoms with Crippen LogP contribution in [0.1, 0.15) is 12.5 Å². The summed E-state index contributed by atoms with van der Waals surface area (Å²) < 4.78 is 4.85. The normalized spacial score (nSPS) is 9.61. The van der Waals surface area contributed by atoms with Crippen molar-refractivity contribution in [3.8, 4) is 0 Å². The number of esters is 1. The highest BCUT2D eigenvalue weighted by atomic mass is 16.5. The van der Waals surface area contributed by atoms with Crippen molar-refractivity contribution in [2.45, 2.75) is 13.5 Å². The van der Waals surface area contributed by atoms with E-state index in [-0.39, 0.29) is 19.1 Å². The Bertz CT molecular complexity index is 592. The minimum absolute atomic E-state index is 0.0268. The van der Waals surface area contributed by atoms with Crippen molar-refractivity contribution in [3.05, 3.63) is 42.0 Å². The zero-order chi connectivity index (χ0) is 17.2. The second-order valence-electron chi connectivity index (χ2n) is 4.74. The number of carbonyl (C=O) groups excluding carboxylic acids is 2. The zero-order valence-corrected chi connectivity index (χ0v) is 13.0. The van der Waals surface area contributed by atoms with Crippen molar-refractivity contribution in [3.63, 3.8) is 0 Å². The largest absolute Gasteiger partial charge is 0.460 e. The molecule has 6 N–H and O–H groups in total. The van der Waals surface area contributed by atoms with Gasteiger partial charge in [0.15, 0.2) is 5.96 Å². The molecule has 0 saturated carbocycles. The predicted molar refractivity (Wildman–Crippen MR) is 88.8 cm³/mol. The van der Waals surface area contributed by atoms with Gasteiger partial charge in [-0.3, -0.25) is 0 Å². The van der Waals surface area contributed by atoms with Gasteiger partial charge < -0.3 is 26.8 Å². The van der Waals surface area contributed by atoms with Gasteiger partial charge in [-0.25, -0.2) is 14.6 Å². The number of nitrogens with two attached hydrogens (primary N) is 2. The molecule has 0 aromatic heterocycles. The lowest BCUT2D eigenvalue weighted by Crippen LogP contribution is -2.32. The minimum atomic E-state index is -0.483. The molecule has 0 spiro atoms. The van der Waals surface area contributed by atoms with Gasteiger partial charge in [-0.1, -0.05) is 18.7 Å². The van der Waals surface area contributed by atoms with Gasteiger partial charge in [-0.05, 0) is 24.6 Å². The van der Waals surface area contributed by atoms with Crippen LogP contribution >= 0.6 is 0 Å². The van der Waals surface area contributed by atoms with Crippen LogP contribution in [0.15, 0.2) is 41.4 Å². The topological polar surface area (TPSA) is 132 Å². The summed E-state index contributed by atoms with van der Waals surface area (Å²) in [5.41, 5.74) is 12.4. The molecule has 0 saturated heterocycles. The van der Waals surface area contributed by atoms with Gasteiger partial charge in [0.2, 0.25) is 0 Å². The number of aliphatic imine (C=N–C) groups is 1. The molecule has 1 rings (SSSR count). The Balaban J connectivity index is 2.33. The summed E-state index contributed by atoms with van der Waals surface area (Å²) >= 11 is 0. The first kappa shape index (κ1) is 18.0. The van der Waals surface area contributed by atoms with Gasteiger partial charge in [0.05, 0.1) is 13.1 Å². The van der Waals surface area contributed by atoms with Gasteiger partial charge >= 0.3 is 12.0 Å². The van der Waals surface area contributed by atoms with Crippen LogP contribution in [-0.4, -0.2) is 31.1 Å². The lowest BCUT2D eigenvalue weighted by atomic mass is 10.2. The first-order valence-corrected chi connectivity index (χ1v) is 6.90. The molecule has 0 bridgehead atoms. The monoisotopic (exact) mass is 319 g/mol. The van der Waals surface area contributed by atoms with Crippen molar-refractivity contribution < 1.29 is 14.3 Å². The van der Waals surface area contributed by atoms with E-state index in [4.69, 9.17) is 16.2 Å². The Kier molecular flexibility index (Phi) is 7.12. The maximum atomic E-state index is 11.7. The highest BCUT2D eigenvalue weighted by Gasteiger charge is 2.04. The number of anilines is 1. The number of ether oxygens (including phenoxy) is 1. The lowest BCUT2D eigenvalue weighted by Gasteiger charge is -2.08. The molecule has 0 heterocycles. The lowest BCUT2D eigenvalue weighted by molar-refractivity contribution is -0.138. The van der Waals surface area contributed by atoms with Gasteiger partial charge in [0, 0.05) is 11.3 Å². The van der Waals surface area contributed by atoms with Crippen LogP contribution in [0.2, 0.25) is 0 Å². The third kappa shape index (κ3) is 7.51. The molecular weight excluding hydrogens is 298 g/mol. The molecule has 0 unspecified atom stereocenters. The van der Waals surface area contributed by atoms with Crippen LogP contribution in [0, 0.1) is 0 Å². The van der Waals surface area contributed by atoms with Crippen molar-refractivity contribution in [1.82, 2.24) is 5.32 Å². The summed E-state index contributed by atoms with van der Waals surface area (Å²) in [5.74, 6) is -0.456. The number of nitrogens with zero attached hydrogens (tertiary/aromatic N) is 1. The number of guanidine groups is 1. The molecule has 8 nitrogen and oxygen atoms in total. The van der Waals surface area contributed by atoms with Crippen molar-refractivity contribution in [2.75, 3.05) is 18.5 Å². The third-order valence-corrected chi connectivity index (χ3v) is 2.63. The SMILES string of the molecule is C=C(C)C(=O)OCCNC(=O)Nc1ccc(CN=C(N)N)cc1. The second kappa shape index (κ2) is 9.08. The van der Waals surface area contributed by atoms with E-state index in [1.165, 1.54) is 0 Å². The summed E-state index contributed by atoms with van der Waals surface area (Å²) in [6.45, 7) is 5.67. The maximum Gasteiger partial charge on any atom is 0.333 e. The molecule has 124 valence electrons. The molecule has 0 radical (unpaired) electrons. The molecule has 23 heavy (non-hydrogen) atoms. The van der Waals surface area contributed by atoms with Crippen LogP contribution in [0.3, 0.4) is 0 Å². The molecule has 0 aliphatic carbocycles. The van der Waals surface area contributed by atoms with Gasteiger partial charge in [-0.2, -0.15) is 0 Å². The maximum absolute atomic E-state index is 11.7. The van der Waals surface area contributed by atoms with Crippen LogP contribution in [-0.2, 0) is 16.1 Å². The Labute approximate surface area is 134 Å². The van der Waals surface area contributed by atoms with E-state index in [1.807, 2.05) is 0 Å². The summed E-state index contributed by atoms with van der Waals surface area (Å²) in [6.07, 6.45) is 0. The van der Waals surface area contributed by atoms with Crippen molar-refractivity contribution in [1.29, 1.82) is 0 Å². The van der Waals surface area contributed by atoms with E-state index in [9.17, 15) is 9.59 Å². The quantitative estimate of drug-likeness (QED) is 0.193. The number of urea groups is 1. The molecule has 0 aliphatic heterocycles. The van der Waals surface area contributed by atoms with E-state index < -0.39 is 12.0 Å². The summed E-state index contributed by atoms with van der Waals surface area (Å²) in [5, 5.41) is 5.22. The fraction of sp³-hybridized carbons (Fsp3) is 0.267. The molecule has 0 atom stereocenters. The first-order valence-electron chi connectivity index (χ1n) is 6.90. The number of benzene rings is 1. The average Bonchev–Trinajstić information content (AvgIpc) is 2.50. The van der Waals surface area contributed by atoms with E-state index >= 15 is 0 Å². The van der Waals surface area contributed by atoms with Crippen molar-refractivity contribution >= 4 is 23.6 Å². The Morgan fingerprint density at radius 3 is 2.48 bits per heavy atom. The Hall–Kier alpha value is -3.03. The summed E-state index contributed by atoms with van der Waals surface area (Å²) in [4.78, 5) is 26.7. The standard InChI is InChI=1S/C15H21N5O3/c1-10(2)13(21)23-8-7-18-15(22)20-12-5-3-11(4-6-12)9-19-14(16)17/h3-6H,1,7-9H2,2H3,(H4,16,17,19)(H2,18,20,22). The van der Waals surface area contributed by atoms with E-state index in [0.29, 0.717) is 17.8 Å². The van der Waals surface area contributed by atoms with E-state index in [2.05, 4.69) is 22.2 Å². The number of rotatable bonds is 7. The first-order chi connectivity index (χ1) is 10.9. The highest BCUT2D eigenvalue weighted by molar-refractivity contribution is 5.89. The van der Waals surface area contributed by atoms with Gasteiger partial charge in [0.25, 0.3) is 0 Å². The molecule has 0 fully saturated rings. The molecule has 8 heteroatoms.